The molecule has 0 radical (unpaired) electrons. The third-order valence-electron chi connectivity index (χ3n) is 5.01. The molecule has 0 N–H and O–H groups in total. The summed E-state index contributed by atoms with van der Waals surface area (Å²) in [5.41, 5.74) is 2.90. The standard InChI is InChI=1S/C22H23N3O3/c1-3-15-9-5-7-11-18(15)25-14-16(13-20(25)26)21-23-22(28-24-21)17-10-6-8-12-19(17)27-4-2/h5-12,16H,3-4,13-14H2,1-2H3. The van der Waals surface area contributed by atoms with Gasteiger partial charge in [-0.2, -0.15) is 4.98 Å². The number of para-hydroxylation sites is 2. The predicted molar refractivity (Wildman–Crippen MR) is 106 cm³/mol. The fourth-order valence-corrected chi connectivity index (χ4v) is 3.62. The molecule has 144 valence electrons. The van der Waals surface area contributed by atoms with Crippen LogP contribution in [0.3, 0.4) is 0 Å². The van der Waals surface area contributed by atoms with Gasteiger partial charge >= 0.3 is 0 Å². The van der Waals surface area contributed by atoms with E-state index in [9.17, 15) is 4.79 Å². The molecule has 3 aromatic rings. The number of carbonyl (C=O) groups excluding carboxylic acids is 1. The van der Waals surface area contributed by atoms with E-state index in [0.29, 0.717) is 37.0 Å². The van der Waals surface area contributed by atoms with Gasteiger partial charge in [0.05, 0.1) is 12.2 Å². The van der Waals surface area contributed by atoms with Crippen LogP contribution in [0.4, 0.5) is 5.69 Å². The Morgan fingerprint density at radius 3 is 2.75 bits per heavy atom. The van der Waals surface area contributed by atoms with Gasteiger partial charge in [-0.05, 0) is 37.1 Å². The van der Waals surface area contributed by atoms with E-state index in [1.807, 2.05) is 54.3 Å². The van der Waals surface area contributed by atoms with Crippen molar-refractivity contribution in [2.75, 3.05) is 18.1 Å². The minimum absolute atomic E-state index is 0.0887. The molecule has 1 aliphatic rings. The zero-order chi connectivity index (χ0) is 19.5. The first-order valence-electron chi connectivity index (χ1n) is 9.65. The van der Waals surface area contributed by atoms with Crippen molar-refractivity contribution in [3.63, 3.8) is 0 Å². The van der Waals surface area contributed by atoms with Crippen LogP contribution in [0.2, 0.25) is 0 Å². The monoisotopic (exact) mass is 377 g/mol. The molecule has 6 heteroatoms. The van der Waals surface area contributed by atoms with Gasteiger partial charge in [-0.15, -0.1) is 0 Å². The first-order valence-corrected chi connectivity index (χ1v) is 9.65. The minimum Gasteiger partial charge on any atom is -0.493 e. The summed E-state index contributed by atoms with van der Waals surface area (Å²) < 4.78 is 11.2. The Labute approximate surface area is 164 Å². The second-order valence-corrected chi connectivity index (χ2v) is 6.77. The molecule has 1 aliphatic heterocycles. The highest BCUT2D eigenvalue weighted by Crippen LogP contribution is 2.34. The van der Waals surface area contributed by atoms with E-state index in [0.717, 1.165) is 23.2 Å². The first kappa shape index (κ1) is 18.2. The molecule has 1 aromatic heterocycles. The number of benzene rings is 2. The maximum absolute atomic E-state index is 12.7. The number of ether oxygens (including phenoxy) is 1. The quantitative estimate of drug-likeness (QED) is 0.643. The van der Waals surface area contributed by atoms with Crippen LogP contribution >= 0.6 is 0 Å². The van der Waals surface area contributed by atoms with Gasteiger partial charge in [0.15, 0.2) is 5.82 Å². The van der Waals surface area contributed by atoms with Gasteiger partial charge in [-0.3, -0.25) is 4.79 Å². The summed E-state index contributed by atoms with van der Waals surface area (Å²) in [6, 6.07) is 15.6. The zero-order valence-electron chi connectivity index (χ0n) is 16.1. The number of amides is 1. The van der Waals surface area contributed by atoms with E-state index in [4.69, 9.17) is 9.26 Å². The van der Waals surface area contributed by atoms with E-state index in [2.05, 4.69) is 23.1 Å². The highest BCUT2D eigenvalue weighted by atomic mass is 16.5. The average Bonchev–Trinajstić information content (AvgIpc) is 3.35. The molecule has 1 unspecified atom stereocenters. The van der Waals surface area contributed by atoms with Gasteiger partial charge in [0, 0.05) is 24.6 Å². The molecule has 0 saturated carbocycles. The number of rotatable bonds is 6. The van der Waals surface area contributed by atoms with Crippen LogP contribution in [0, 0.1) is 0 Å². The molecule has 2 heterocycles. The van der Waals surface area contributed by atoms with Crippen molar-refractivity contribution < 1.29 is 14.1 Å². The molecule has 0 aliphatic carbocycles. The van der Waals surface area contributed by atoms with Gasteiger partial charge in [0.25, 0.3) is 5.89 Å². The third-order valence-corrected chi connectivity index (χ3v) is 5.01. The maximum atomic E-state index is 12.7. The lowest BCUT2D eigenvalue weighted by Crippen LogP contribution is -2.25. The lowest BCUT2D eigenvalue weighted by Gasteiger charge is -2.19. The Morgan fingerprint density at radius 1 is 1.14 bits per heavy atom. The molecule has 2 aromatic carbocycles. The smallest absolute Gasteiger partial charge is 0.261 e. The van der Waals surface area contributed by atoms with Crippen LogP contribution in [0.25, 0.3) is 11.5 Å². The number of nitrogens with zero attached hydrogens (tertiary/aromatic N) is 3. The largest absolute Gasteiger partial charge is 0.493 e. The van der Waals surface area contributed by atoms with E-state index in [1.165, 1.54) is 0 Å². The molecule has 0 bridgehead atoms. The summed E-state index contributed by atoms with van der Waals surface area (Å²) in [6.45, 7) is 5.14. The Kier molecular flexibility index (Phi) is 5.10. The van der Waals surface area contributed by atoms with E-state index < -0.39 is 0 Å². The van der Waals surface area contributed by atoms with Crippen LogP contribution in [0.15, 0.2) is 53.1 Å². The van der Waals surface area contributed by atoms with Crippen molar-refractivity contribution in [2.45, 2.75) is 32.6 Å². The lowest BCUT2D eigenvalue weighted by atomic mass is 10.1. The molecule has 1 atom stereocenters. The highest BCUT2D eigenvalue weighted by Gasteiger charge is 2.35. The van der Waals surface area contributed by atoms with Crippen molar-refractivity contribution in [3.8, 4) is 17.2 Å². The van der Waals surface area contributed by atoms with E-state index in [1.54, 1.807) is 0 Å². The molecule has 1 saturated heterocycles. The summed E-state index contributed by atoms with van der Waals surface area (Å²) in [5.74, 6) is 1.69. The number of aryl methyl sites for hydroxylation is 1. The van der Waals surface area contributed by atoms with Gasteiger partial charge in [-0.25, -0.2) is 0 Å². The summed E-state index contributed by atoms with van der Waals surface area (Å²) in [4.78, 5) is 19.1. The summed E-state index contributed by atoms with van der Waals surface area (Å²) >= 11 is 0. The van der Waals surface area contributed by atoms with Crippen LogP contribution in [0.1, 0.15) is 37.6 Å². The third kappa shape index (κ3) is 3.38. The fourth-order valence-electron chi connectivity index (χ4n) is 3.62. The highest BCUT2D eigenvalue weighted by molar-refractivity contribution is 5.97. The second-order valence-electron chi connectivity index (χ2n) is 6.77. The Hall–Kier alpha value is -3.15. The molecule has 4 rings (SSSR count). The van der Waals surface area contributed by atoms with E-state index in [-0.39, 0.29) is 11.8 Å². The van der Waals surface area contributed by atoms with Crippen LogP contribution in [0.5, 0.6) is 5.75 Å². The second kappa shape index (κ2) is 7.84. The van der Waals surface area contributed by atoms with Gasteiger partial charge in [0.1, 0.15) is 5.75 Å². The fraction of sp³-hybridized carbons (Fsp3) is 0.318. The van der Waals surface area contributed by atoms with Crippen molar-refractivity contribution in [1.82, 2.24) is 10.1 Å². The number of aromatic nitrogens is 2. The van der Waals surface area contributed by atoms with Crippen LogP contribution < -0.4 is 9.64 Å². The van der Waals surface area contributed by atoms with E-state index >= 15 is 0 Å². The molecule has 6 nitrogen and oxygen atoms in total. The van der Waals surface area contributed by atoms with Gasteiger partial charge in [0.2, 0.25) is 5.91 Å². The zero-order valence-corrected chi connectivity index (χ0v) is 16.1. The number of hydrogen-bond acceptors (Lipinski definition) is 5. The summed E-state index contributed by atoms with van der Waals surface area (Å²) in [6.07, 6.45) is 1.26. The van der Waals surface area contributed by atoms with Crippen LogP contribution in [-0.2, 0) is 11.2 Å². The normalized spacial score (nSPS) is 16.6. The molecular weight excluding hydrogens is 354 g/mol. The molecule has 0 spiro atoms. The molecule has 28 heavy (non-hydrogen) atoms. The van der Waals surface area contributed by atoms with Crippen molar-refractivity contribution in [1.29, 1.82) is 0 Å². The SMILES string of the molecule is CCOc1ccccc1-c1nc(C2CC(=O)N(c3ccccc3CC)C2)no1. The van der Waals surface area contributed by atoms with Gasteiger partial charge in [-0.1, -0.05) is 42.4 Å². The molecule has 1 amide bonds. The van der Waals surface area contributed by atoms with Crippen molar-refractivity contribution >= 4 is 11.6 Å². The molecular formula is C22H23N3O3. The Morgan fingerprint density at radius 2 is 1.93 bits per heavy atom. The number of hydrogen-bond donors (Lipinski definition) is 0. The topological polar surface area (TPSA) is 68.5 Å². The summed E-state index contributed by atoms with van der Waals surface area (Å²) in [5, 5.41) is 4.16. The number of anilines is 1. The van der Waals surface area contributed by atoms with Crippen molar-refractivity contribution in [2.24, 2.45) is 0 Å². The Balaban J connectivity index is 1.58. The number of carbonyl (C=O) groups is 1. The lowest BCUT2D eigenvalue weighted by molar-refractivity contribution is -0.117. The molecule has 1 fully saturated rings. The average molecular weight is 377 g/mol. The predicted octanol–water partition coefficient (Wildman–Crippen LogP) is 4.22. The maximum Gasteiger partial charge on any atom is 0.261 e. The Bertz CT molecular complexity index is 982. The first-order chi connectivity index (χ1) is 13.7. The van der Waals surface area contributed by atoms with Crippen molar-refractivity contribution in [3.05, 3.63) is 59.9 Å². The van der Waals surface area contributed by atoms with Gasteiger partial charge < -0.3 is 14.2 Å². The minimum atomic E-state index is -0.0887. The van der Waals surface area contributed by atoms with Crippen LogP contribution in [-0.4, -0.2) is 29.2 Å². The summed E-state index contributed by atoms with van der Waals surface area (Å²) in [7, 11) is 0.